The fraction of sp³-hybridized carbons (Fsp3) is 0.480. The van der Waals surface area contributed by atoms with Gasteiger partial charge in [0.05, 0.1) is 12.6 Å². The number of oxime groups is 1. The molecule has 5 rings (SSSR count). The Hall–Kier alpha value is -3.84. The fourth-order valence-electron chi connectivity index (χ4n) is 5.13. The molecule has 2 amide bonds. The molecule has 2 saturated heterocycles. The Labute approximate surface area is 251 Å². The number of rotatable bonds is 11. The van der Waals surface area contributed by atoms with Crippen LogP contribution in [0.3, 0.4) is 0 Å². The van der Waals surface area contributed by atoms with E-state index in [1.165, 1.54) is 24.9 Å². The Balaban J connectivity index is 1.21. The van der Waals surface area contributed by atoms with Crippen LogP contribution in [0.2, 0.25) is 0 Å². The molecule has 0 aliphatic carbocycles. The second-order valence-corrected chi connectivity index (χ2v) is 12.6. The van der Waals surface area contributed by atoms with E-state index in [1.54, 1.807) is 0 Å². The summed E-state index contributed by atoms with van der Waals surface area (Å²) in [5.41, 5.74) is 6.57. The maximum absolute atomic E-state index is 13.1. The predicted molar refractivity (Wildman–Crippen MR) is 153 cm³/mol. The van der Waals surface area contributed by atoms with Crippen LogP contribution in [0.25, 0.3) is 5.65 Å². The SMILES string of the molecule is Cn1c(C2CCCNC2)c[n+]2cc(OCCO/N=C(\C(=O)NC3C(=O)N(OS(=O)(=O)O)C3(C)C)c3csc(N)n3)ccc12. The molecular weight excluding hydrogens is 604 g/mol. The van der Waals surface area contributed by atoms with Crippen molar-refractivity contribution in [2.75, 3.05) is 32.0 Å². The quantitative estimate of drug-likeness (QED) is 0.0546. The standard InChI is InChI=1S/C25H32N8O8S2/c1-25(2)21(23(35)33(25)41-43(36,37)38)29-22(34)20(17-14-42-24(26)28-17)30-40-10-9-39-16-6-7-19-31(3)18(13-32(19)12-16)15-5-4-8-27-11-15/h6-7,12-15,21,27H,4-5,8-11H2,1-3H3,(H3-,26,28,29,34,36,37,38)/p+1/b30-20-. The van der Waals surface area contributed by atoms with Gasteiger partial charge in [-0.3, -0.25) is 14.1 Å². The number of piperidine rings is 1. The molecule has 2 fully saturated rings. The van der Waals surface area contributed by atoms with E-state index in [0.29, 0.717) is 16.7 Å². The smallest absolute Gasteiger partial charge is 0.418 e. The molecular formula is C25H33N8O8S2+. The highest BCUT2D eigenvalue weighted by atomic mass is 32.3. The number of fused-ring (bicyclic) bond motifs is 1. The number of β-lactam (4-membered cyclic amide) rings is 1. The zero-order chi connectivity index (χ0) is 30.9. The Morgan fingerprint density at radius 3 is 2.79 bits per heavy atom. The molecule has 3 aromatic heterocycles. The number of carbonyl (C=O) groups excluding carboxylic acids is 2. The largest absolute Gasteiger partial charge is 0.486 e. The predicted octanol–water partition coefficient (Wildman–Crippen LogP) is -0.0908. The summed E-state index contributed by atoms with van der Waals surface area (Å²) in [6, 6.07) is 2.66. The van der Waals surface area contributed by atoms with Crippen molar-refractivity contribution in [3.05, 3.63) is 41.3 Å². The third-order valence-electron chi connectivity index (χ3n) is 7.34. The van der Waals surface area contributed by atoms with E-state index in [4.69, 9.17) is 19.9 Å². The number of pyridine rings is 1. The Morgan fingerprint density at radius 2 is 2.14 bits per heavy atom. The van der Waals surface area contributed by atoms with E-state index < -0.39 is 33.8 Å². The third kappa shape index (κ3) is 6.57. The van der Waals surface area contributed by atoms with Gasteiger partial charge < -0.3 is 25.9 Å². The number of amides is 2. The lowest BCUT2D eigenvalue weighted by Crippen LogP contribution is -2.76. The number of carbonyl (C=O) groups is 2. The molecule has 2 aliphatic rings. The lowest BCUT2D eigenvalue weighted by atomic mass is 9.84. The highest BCUT2D eigenvalue weighted by Crippen LogP contribution is 2.33. The Bertz CT molecular complexity index is 1660. The minimum absolute atomic E-state index is 0.0171. The van der Waals surface area contributed by atoms with E-state index in [1.807, 2.05) is 22.7 Å². The fourth-order valence-corrected chi connectivity index (χ4v) is 6.14. The van der Waals surface area contributed by atoms with Gasteiger partial charge in [-0.05, 0) is 39.3 Å². The first-order valence-corrected chi connectivity index (χ1v) is 15.7. The number of nitrogens with zero attached hydrogens (tertiary/aromatic N) is 5. The number of hydrogen-bond acceptors (Lipinski definition) is 12. The maximum atomic E-state index is 13.1. The van der Waals surface area contributed by atoms with Gasteiger partial charge in [-0.25, -0.2) is 9.55 Å². The van der Waals surface area contributed by atoms with Crippen molar-refractivity contribution in [1.29, 1.82) is 0 Å². The molecule has 5 heterocycles. The zero-order valence-corrected chi connectivity index (χ0v) is 25.4. The van der Waals surface area contributed by atoms with Crippen molar-refractivity contribution in [3.8, 4) is 5.75 Å². The number of anilines is 1. The van der Waals surface area contributed by atoms with Crippen molar-refractivity contribution in [1.82, 2.24) is 25.2 Å². The number of hydrogen-bond donors (Lipinski definition) is 4. The van der Waals surface area contributed by atoms with E-state index in [-0.39, 0.29) is 29.8 Å². The topological polar surface area (TPSA) is 204 Å². The first-order valence-electron chi connectivity index (χ1n) is 13.4. The third-order valence-corrected chi connectivity index (χ3v) is 8.36. The lowest BCUT2D eigenvalue weighted by molar-refractivity contribution is -0.511. The van der Waals surface area contributed by atoms with Gasteiger partial charge in [0.2, 0.25) is 0 Å². The number of nitrogens with two attached hydrogens (primary N) is 1. The Kier molecular flexibility index (Phi) is 8.57. The van der Waals surface area contributed by atoms with Gasteiger partial charge in [0.15, 0.2) is 23.2 Å². The molecule has 43 heavy (non-hydrogen) atoms. The lowest BCUT2D eigenvalue weighted by Gasteiger charge is -2.50. The second kappa shape index (κ2) is 12.0. The van der Waals surface area contributed by atoms with Gasteiger partial charge in [-0.2, -0.15) is 17.9 Å². The average molecular weight is 638 g/mol. The molecule has 18 heteroatoms. The van der Waals surface area contributed by atoms with Crippen molar-refractivity contribution in [2.45, 2.75) is 44.2 Å². The summed E-state index contributed by atoms with van der Waals surface area (Å²) >= 11 is 1.08. The van der Waals surface area contributed by atoms with E-state index in [9.17, 15) is 18.0 Å². The number of imidazole rings is 1. The van der Waals surface area contributed by atoms with Crippen LogP contribution in [-0.4, -0.2) is 83.0 Å². The van der Waals surface area contributed by atoms with Crippen LogP contribution in [0.1, 0.15) is 44.0 Å². The molecule has 232 valence electrons. The van der Waals surface area contributed by atoms with E-state index >= 15 is 0 Å². The number of thiazole rings is 1. The highest BCUT2D eigenvalue weighted by molar-refractivity contribution is 7.80. The molecule has 0 radical (unpaired) electrons. The Morgan fingerprint density at radius 1 is 1.35 bits per heavy atom. The number of nitrogens with one attached hydrogen (secondary N) is 2. The van der Waals surface area contributed by atoms with E-state index in [2.05, 4.69) is 42.9 Å². The molecule has 0 aromatic carbocycles. The van der Waals surface area contributed by atoms with Crippen LogP contribution in [0, 0.1) is 0 Å². The monoisotopic (exact) mass is 637 g/mol. The number of nitrogen functional groups attached to an aromatic ring is 1. The highest BCUT2D eigenvalue weighted by Gasteiger charge is 2.58. The zero-order valence-electron chi connectivity index (χ0n) is 23.7. The van der Waals surface area contributed by atoms with Crippen LogP contribution < -0.4 is 25.5 Å². The molecule has 0 saturated carbocycles. The van der Waals surface area contributed by atoms with E-state index in [0.717, 1.165) is 42.9 Å². The van der Waals surface area contributed by atoms with Crippen molar-refractivity contribution >= 4 is 50.0 Å². The summed E-state index contributed by atoms with van der Waals surface area (Å²) in [5, 5.41) is 12.0. The summed E-state index contributed by atoms with van der Waals surface area (Å²) in [5.74, 6) is -0.639. The van der Waals surface area contributed by atoms with Crippen molar-refractivity contribution in [2.24, 2.45) is 12.2 Å². The van der Waals surface area contributed by atoms with Gasteiger partial charge in [0.1, 0.15) is 36.4 Å². The normalized spacial score (nSPS) is 20.6. The van der Waals surface area contributed by atoms with Gasteiger partial charge in [-0.1, -0.05) is 5.16 Å². The molecule has 5 N–H and O–H groups in total. The first-order chi connectivity index (χ1) is 20.3. The molecule has 2 atom stereocenters. The number of aromatic nitrogens is 3. The minimum atomic E-state index is -4.94. The van der Waals surface area contributed by atoms with Crippen LogP contribution in [-0.2, 0) is 36.2 Å². The summed E-state index contributed by atoms with van der Waals surface area (Å²) in [6.07, 6.45) is 6.30. The van der Waals surface area contributed by atoms with Crippen LogP contribution in [0.5, 0.6) is 5.75 Å². The second-order valence-electron chi connectivity index (χ2n) is 10.7. The van der Waals surface area contributed by atoms with Gasteiger partial charge in [0.25, 0.3) is 17.5 Å². The van der Waals surface area contributed by atoms with Gasteiger partial charge in [0, 0.05) is 23.9 Å². The number of ether oxygens (including phenoxy) is 1. The molecule has 0 bridgehead atoms. The van der Waals surface area contributed by atoms with Gasteiger partial charge in [-0.15, -0.1) is 15.6 Å². The summed E-state index contributed by atoms with van der Waals surface area (Å²) in [6.45, 7) is 4.98. The molecule has 3 aromatic rings. The van der Waals surface area contributed by atoms with Gasteiger partial charge >= 0.3 is 10.4 Å². The minimum Gasteiger partial charge on any atom is -0.486 e. The summed E-state index contributed by atoms with van der Waals surface area (Å²) in [7, 11) is -2.89. The first kappa shape index (κ1) is 30.6. The van der Waals surface area contributed by atoms with Crippen LogP contribution in [0.15, 0.2) is 35.1 Å². The van der Waals surface area contributed by atoms with Crippen molar-refractivity contribution < 1.29 is 40.8 Å². The molecule has 16 nitrogen and oxygen atoms in total. The summed E-state index contributed by atoms with van der Waals surface area (Å²) in [4.78, 5) is 35.0. The molecule has 2 unspecified atom stereocenters. The molecule has 2 aliphatic heterocycles. The van der Waals surface area contributed by atoms with Crippen molar-refractivity contribution in [3.63, 3.8) is 0 Å². The number of aryl methyl sites for hydroxylation is 1. The van der Waals surface area contributed by atoms with Crippen LogP contribution >= 0.6 is 11.3 Å². The maximum Gasteiger partial charge on any atom is 0.418 e. The summed E-state index contributed by atoms with van der Waals surface area (Å²) < 4.78 is 45.4. The molecule has 0 spiro atoms. The average Bonchev–Trinajstić information content (AvgIpc) is 3.54. The number of hydroxylamine groups is 2. The van der Waals surface area contributed by atoms with Crippen LogP contribution in [0.4, 0.5) is 5.13 Å².